The Kier molecular flexibility index (Phi) is 4.32. The minimum absolute atomic E-state index is 0.168. The van der Waals surface area contributed by atoms with Crippen LogP contribution in [0.3, 0.4) is 0 Å². The van der Waals surface area contributed by atoms with Gasteiger partial charge in [0.05, 0.1) is 11.6 Å². The summed E-state index contributed by atoms with van der Waals surface area (Å²) in [5.74, 6) is 0. The molecule has 0 aliphatic rings. The molecule has 1 heterocycles. The first kappa shape index (κ1) is 12.7. The summed E-state index contributed by atoms with van der Waals surface area (Å²) in [6.07, 6.45) is 0. The van der Waals surface area contributed by atoms with Crippen LogP contribution in [-0.4, -0.2) is 19.3 Å². The lowest BCUT2D eigenvalue weighted by Gasteiger charge is -2.33. The van der Waals surface area contributed by atoms with E-state index in [9.17, 15) is 0 Å². The van der Waals surface area contributed by atoms with Crippen LogP contribution in [0.4, 0.5) is 0 Å². The van der Waals surface area contributed by atoms with Crippen LogP contribution in [0.5, 0.6) is 0 Å². The predicted molar refractivity (Wildman–Crippen MR) is 66.6 cm³/mol. The Bertz CT molecular complexity index is 306. The van der Waals surface area contributed by atoms with Crippen molar-refractivity contribution >= 4 is 11.3 Å². The minimum atomic E-state index is -0.168. The SMILES string of the molecule is CCOC(C)(C)C(NC)c1sccc1C. The summed E-state index contributed by atoms with van der Waals surface area (Å²) in [6, 6.07) is 2.42. The van der Waals surface area contributed by atoms with Crippen molar-refractivity contribution in [1.82, 2.24) is 5.32 Å². The maximum atomic E-state index is 5.81. The van der Waals surface area contributed by atoms with Crippen molar-refractivity contribution in [3.8, 4) is 0 Å². The molecule has 0 aliphatic heterocycles. The summed E-state index contributed by atoms with van der Waals surface area (Å²) < 4.78 is 5.81. The number of hydrogen-bond donors (Lipinski definition) is 1. The summed E-state index contributed by atoms with van der Waals surface area (Å²) in [5.41, 5.74) is 1.17. The molecular weight excluding hydrogens is 206 g/mol. The van der Waals surface area contributed by atoms with Gasteiger partial charge in [0, 0.05) is 11.5 Å². The summed E-state index contributed by atoms with van der Waals surface area (Å²) in [7, 11) is 1.99. The Morgan fingerprint density at radius 1 is 1.53 bits per heavy atom. The van der Waals surface area contributed by atoms with E-state index in [2.05, 4.69) is 37.5 Å². The molecule has 0 spiro atoms. The van der Waals surface area contributed by atoms with Crippen LogP contribution in [0.2, 0.25) is 0 Å². The van der Waals surface area contributed by atoms with Gasteiger partial charge in [-0.05, 0) is 51.8 Å². The van der Waals surface area contributed by atoms with E-state index in [4.69, 9.17) is 4.74 Å². The second kappa shape index (κ2) is 5.10. The molecule has 15 heavy (non-hydrogen) atoms. The lowest BCUT2D eigenvalue weighted by Crippen LogP contribution is -2.40. The fourth-order valence-corrected chi connectivity index (χ4v) is 3.14. The maximum Gasteiger partial charge on any atom is 0.0828 e. The molecule has 1 rings (SSSR count). The topological polar surface area (TPSA) is 21.3 Å². The first-order chi connectivity index (χ1) is 7.03. The molecule has 1 aromatic heterocycles. The second-order valence-electron chi connectivity index (χ2n) is 4.23. The molecule has 3 heteroatoms. The number of thiophene rings is 1. The van der Waals surface area contributed by atoms with E-state index in [0.29, 0.717) is 0 Å². The Labute approximate surface area is 96.7 Å². The second-order valence-corrected chi connectivity index (χ2v) is 5.17. The number of aryl methyl sites for hydroxylation is 1. The van der Waals surface area contributed by atoms with E-state index in [-0.39, 0.29) is 11.6 Å². The van der Waals surface area contributed by atoms with Gasteiger partial charge in [0.1, 0.15) is 0 Å². The third-order valence-corrected chi connectivity index (χ3v) is 3.75. The molecule has 1 unspecified atom stereocenters. The highest BCUT2D eigenvalue weighted by molar-refractivity contribution is 7.10. The van der Waals surface area contributed by atoms with Crippen molar-refractivity contribution in [2.24, 2.45) is 0 Å². The zero-order chi connectivity index (χ0) is 11.5. The van der Waals surface area contributed by atoms with E-state index in [1.165, 1.54) is 10.4 Å². The van der Waals surface area contributed by atoms with Crippen molar-refractivity contribution in [3.05, 3.63) is 21.9 Å². The van der Waals surface area contributed by atoms with Gasteiger partial charge in [0.2, 0.25) is 0 Å². The highest BCUT2D eigenvalue weighted by Crippen LogP contribution is 2.33. The first-order valence-electron chi connectivity index (χ1n) is 5.38. The average molecular weight is 227 g/mol. The minimum Gasteiger partial charge on any atom is -0.374 e. The van der Waals surface area contributed by atoms with Crippen LogP contribution >= 0.6 is 11.3 Å². The van der Waals surface area contributed by atoms with Gasteiger partial charge in [-0.2, -0.15) is 0 Å². The third-order valence-electron chi connectivity index (χ3n) is 2.66. The molecule has 1 N–H and O–H groups in total. The molecule has 86 valence electrons. The summed E-state index contributed by atoms with van der Waals surface area (Å²) in [6.45, 7) is 9.21. The van der Waals surface area contributed by atoms with Crippen molar-refractivity contribution in [2.75, 3.05) is 13.7 Å². The van der Waals surface area contributed by atoms with Crippen molar-refractivity contribution in [1.29, 1.82) is 0 Å². The Morgan fingerprint density at radius 2 is 2.20 bits per heavy atom. The standard InChI is InChI=1S/C12H21NOS/c1-6-14-12(3,4)11(13-5)10-9(2)7-8-15-10/h7-8,11,13H,6H2,1-5H3. The van der Waals surface area contributed by atoms with Crippen LogP contribution in [0.25, 0.3) is 0 Å². The molecule has 0 radical (unpaired) electrons. The molecule has 1 aromatic rings. The number of ether oxygens (including phenoxy) is 1. The predicted octanol–water partition coefficient (Wildman–Crippen LogP) is 3.13. The number of rotatable bonds is 5. The third kappa shape index (κ3) is 2.80. The molecule has 2 nitrogen and oxygen atoms in total. The molecule has 0 aromatic carbocycles. The summed E-state index contributed by atoms with van der Waals surface area (Å²) in [5, 5.41) is 5.49. The van der Waals surface area contributed by atoms with Crippen LogP contribution in [0.15, 0.2) is 11.4 Å². The summed E-state index contributed by atoms with van der Waals surface area (Å²) >= 11 is 1.79. The molecule has 0 amide bonds. The van der Waals surface area contributed by atoms with Crippen LogP contribution in [0, 0.1) is 6.92 Å². The van der Waals surface area contributed by atoms with Gasteiger partial charge in [-0.25, -0.2) is 0 Å². The number of hydrogen-bond acceptors (Lipinski definition) is 3. The molecule has 0 saturated heterocycles. The molecule has 0 fully saturated rings. The Morgan fingerprint density at radius 3 is 2.60 bits per heavy atom. The van der Waals surface area contributed by atoms with Crippen molar-refractivity contribution < 1.29 is 4.74 Å². The first-order valence-corrected chi connectivity index (χ1v) is 6.26. The monoisotopic (exact) mass is 227 g/mol. The normalized spacial score (nSPS) is 14.2. The molecule has 0 saturated carbocycles. The van der Waals surface area contributed by atoms with Crippen LogP contribution < -0.4 is 5.32 Å². The van der Waals surface area contributed by atoms with Gasteiger partial charge >= 0.3 is 0 Å². The Hall–Kier alpha value is -0.380. The van der Waals surface area contributed by atoms with E-state index in [0.717, 1.165) is 6.61 Å². The lowest BCUT2D eigenvalue weighted by molar-refractivity contribution is -0.0367. The average Bonchev–Trinajstić information content (AvgIpc) is 2.53. The van der Waals surface area contributed by atoms with Crippen LogP contribution in [-0.2, 0) is 4.74 Å². The van der Waals surface area contributed by atoms with Gasteiger partial charge in [0.25, 0.3) is 0 Å². The van der Waals surface area contributed by atoms with Crippen molar-refractivity contribution in [2.45, 2.75) is 39.3 Å². The summed E-state index contributed by atoms with van der Waals surface area (Å²) in [4.78, 5) is 1.37. The van der Waals surface area contributed by atoms with E-state index in [1.54, 1.807) is 11.3 Å². The maximum absolute atomic E-state index is 5.81. The smallest absolute Gasteiger partial charge is 0.0828 e. The van der Waals surface area contributed by atoms with Gasteiger partial charge in [-0.1, -0.05) is 0 Å². The zero-order valence-corrected chi connectivity index (χ0v) is 11.1. The van der Waals surface area contributed by atoms with E-state index < -0.39 is 0 Å². The number of nitrogens with one attached hydrogen (secondary N) is 1. The van der Waals surface area contributed by atoms with Gasteiger partial charge in [-0.15, -0.1) is 11.3 Å². The fourth-order valence-electron chi connectivity index (χ4n) is 1.93. The quantitative estimate of drug-likeness (QED) is 0.834. The molecular formula is C12H21NOS. The fraction of sp³-hybridized carbons (Fsp3) is 0.667. The molecule has 1 atom stereocenters. The highest BCUT2D eigenvalue weighted by Gasteiger charge is 2.31. The van der Waals surface area contributed by atoms with Gasteiger partial charge < -0.3 is 10.1 Å². The molecule has 0 bridgehead atoms. The number of likely N-dealkylation sites (N-methyl/N-ethyl adjacent to an activating group) is 1. The van der Waals surface area contributed by atoms with E-state index >= 15 is 0 Å². The zero-order valence-electron chi connectivity index (χ0n) is 10.3. The lowest BCUT2D eigenvalue weighted by atomic mass is 9.95. The van der Waals surface area contributed by atoms with Gasteiger partial charge in [0.15, 0.2) is 0 Å². The van der Waals surface area contributed by atoms with Gasteiger partial charge in [-0.3, -0.25) is 0 Å². The highest BCUT2D eigenvalue weighted by atomic mass is 32.1. The van der Waals surface area contributed by atoms with Crippen LogP contribution in [0.1, 0.15) is 37.3 Å². The van der Waals surface area contributed by atoms with Crippen molar-refractivity contribution in [3.63, 3.8) is 0 Å². The largest absolute Gasteiger partial charge is 0.374 e. The molecule has 0 aliphatic carbocycles. The van der Waals surface area contributed by atoms with E-state index in [1.807, 2.05) is 14.0 Å². The Balaban J connectivity index is 2.93.